The van der Waals surface area contributed by atoms with Gasteiger partial charge in [-0.05, 0) is 31.9 Å². The van der Waals surface area contributed by atoms with Crippen molar-refractivity contribution >= 4 is 12.0 Å². The summed E-state index contributed by atoms with van der Waals surface area (Å²) < 4.78 is 2.76. The SMILES string of the molecule is CC(C)(O)NC1/C=C/N=C(N)c2nn(Cc3ccccc3)c(=O)n2/C=C/C1. The molecule has 0 bridgehead atoms. The number of aromatic nitrogens is 3. The Morgan fingerprint density at radius 2 is 2.07 bits per heavy atom. The van der Waals surface area contributed by atoms with Gasteiger partial charge >= 0.3 is 5.69 Å². The van der Waals surface area contributed by atoms with E-state index < -0.39 is 5.72 Å². The van der Waals surface area contributed by atoms with Gasteiger partial charge in [0.1, 0.15) is 5.72 Å². The van der Waals surface area contributed by atoms with Gasteiger partial charge in [0, 0.05) is 18.4 Å². The Morgan fingerprint density at radius 1 is 1.33 bits per heavy atom. The van der Waals surface area contributed by atoms with Crippen molar-refractivity contribution in [2.75, 3.05) is 0 Å². The first kappa shape index (κ1) is 18.8. The van der Waals surface area contributed by atoms with Crippen LogP contribution in [0.3, 0.4) is 0 Å². The number of hydrogen-bond donors (Lipinski definition) is 3. The molecule has 1 atom stereocenters. The normalized spacial score (nSPS) is 19.8. The third-order valence-electron chi connectivity index (χ3n) is 3.99. The fourth-order valence-electron chi connectivity index (χ4n) is 2.83. The predicted molar refractivity (Wildman–Crippen MR) is 105 cm³/mol. The topological polar surface area (TPSA) is 110 Å². The van der Waals surface area contributed by atoms with E-state index in [9.17, 15) is 9.90 Å². The number of hydrogen-bond acceptors (Lipinski definition) is 6. The van der Waals surface area contributed by atoms with E-state index in [0.29, 0.717) is 18.8 Å². The molecule has 3 rings (SSSR count). The van der Waals surface area contributed by atoms with Gasteiger partial charge in [0.15, 0.2) is 5.84 Å². The summed E-state index contributed by atoms with van der Waals surface area (Å²) in [4.78, 5) is 17.0. The molecule has 0 radical (unpaired) electrons. The highest BCUT2D eigenvalue weighted by Crippen LogP contribution is 2.07. The van der Waals surface area contributed by atoms with Gasteiger partial charge < -0.3 is 10.8 Å². The second kappa shape index (κ2) is 7.73. The van der Waals surface area contributed by atoms with E-state index in [-0.39, 0.29) is 17.6 Å². The van der Waals surface area contributed by atoms with Crippen LogP contribution in [0.4, 0.5) is 0 Å². The summed E-state index contributed by atoms with van der Waals surface area (Å²) in [6.45, 7) is 3.67. The number of aliphatic hydroxyl groups is 1. The molecule has 1 aromatic heterocycles. The smallest absolute Gasteiger partial charge is 0.350 e. The lowest BCUT2D eigenvalue weighted by molar-refractivity contribution is 0.0367. The number of nitrogens with two attached hydrogens (primary N) is 1. The highest BCUT2D eigenvalue weighted by Gasteiger charge is 2.18. The highest BCUT2D eigenvalue weighted by molar-refractivity contribution is 5.95. The van der Waals surface area contributed by atoms with Gasteiger partial charge in [-0.1, -0.05) is 36.4 Å². The summed E-state index contributed by atoms with van der Waals surface area (Å²) in [7, 11) is 0. The van der Waals surface area contributed by atoms with Crippen LogP contribution in [0.1, 0.15) is 31.7 Å². The molecule has 2 aromatic rings. The maximum absolute atomic E-state index is 12.8. The number of nitrogens with one attached hydrogen (secondary N) is 1. The molecule has 0 spiro atoms. The average molecular weight is 368 g/mol. The zero-order chi connectivity index (χ0) is 19.4. The predicted octanol–water partition coefficient (Wildman–Crippen LogP) is 0.873. The lowest BCUT2D eigenvalue weighted by atomic mass is 10.1. The minimum atomic E-state index is -1.04. The zero-order valence-electron chi connectivity index (χ0n) is 15.4. The van der Waals surface area contributed by atoms with E-state index in [2.05, 4.69) is 15.4 Å². The van der Waals surface area contributed by atoms with Crippen molar-refractivity contribution in [3.05, 3.63) is 70.6 Å². The lowest BCUT2D eigenvalue weighted by Crippen LogP contribution is -2.44. The van der Waals surface area contributed by atoms with Crippen molar-refractivity contribution in [3.63, 3.8) is 0 Å². The number of fused-ring (bicyclic) bond motifs is 1. The minimum absolute atomic E-state index is 0.142. The number of amidine groups is 1. The molecule has 0 amide bonds. The maximum atomic E-state index is 12.8. The molecule has 0 saturated heterocycles. The molecule has 4 N–H and O–H groups in total. The average Bonchev–Trinajstić information content (AvgIpc) is 2.90. The Kier molecular flexibility index (Phi) is 5.38. The Morgan fingerprint density at radius 3 is 2.78 bits per heavy atom. The van der Waals surface area contributed by atoms with Crippen molar-refractivity contribution < 1.29 is 5.11 Å². The lowest BCUT2D eigenvalue weighted by Gasteiger charge is -2.24. The maximum Gasteiger partial charge on any atom is 0.350 e. The molecule has 1 unspecified atom stereocenters. The van der Waals surface area contributed by atoms with Gasteiger partial charge in [0.25, 0.3) is 0 Å². The number of nitrogens with zero attached hydrogens (tertiary/aromatic N) is 4. The summed E-state index contributed by atoms with van der Waals surface area (Å²) >= 11 is 0. The third kappa shape index (κ3) is 4.81. The first-order valence-electron chi connectivity index (χ1n) is 8.74. The van der Waals surface area contributed by atoms with Gasteiger partial charge in [-0.2, -0.15) is 0 Å². The van der Waals surface area contributed by atoms with Crippen LogP contribution in [0.2, 0.25) is 0 Å². The fraction of sp³-hybridized carbons (Fsp3) is 0.316. The van der Waals surface area contributed by atoms with Gasteiger partial charge in [-0.15, -0.1) is 5.10 Å². The van der Waals surface area contributed by atoms with Crippen LogP contribution in [0.25, 0.3) is 6.20 Å². The molecule has 0 saturated carbocycles. The molecule has 0 fully saturated rings. The van der Waals surface area contributed by atoms with Crippen LogP contribution in [0, 0.1) is 0 Å². The van der Waals surface area contributed by atoms with Gasteiger partial charge in [-0.3, -0.25) is 5.32 Å². The van der Waals surface area contributed by atoms with Crippen LogP contribution in [0.15, 0.2) is 58.5 Å². The fourth-order valence-corrected chi connectivity index (χ4v) is 2.83. The second-order valence-corrected chi connectivity index (χ2v) is 6.91. The number of rotatable bonds is 4. The standard InChI is InChI=1S/C19H24N6O2/c1-19(2,27)22-15-9-6-12-24-17(16(20)21-11-10-15)23-25(18(24)26)13-14-7-4-3-5-8-14/h3-8,10-12,15,22,27H,9,13H2,1-2H3,(H2,20,21)/b11-10+,12-6+. The third-order valence-corrected chi connectivity index (χ3v) is 3.99. The molecular weight excluding hydrogens is 344 g/mol. The summed E-state index contributed by atoms with van der Waals surface area (Å²) in [5.74, 6) is 0.439. The molecule has 1 aromatic carbocycles. The molecule has 1 aliphatic heterocycles. The molecule has 142 valence electrons. The number of benzene rings is 1. The van der Waals surface area contributed by atoms with E-state index in [0.717, 1.165) is 5.56 Å². The molecule has 0 aliphatic carbocycles. The van der Waals surface area contributed by atoms with Crippen molar-refractivity contribution in [1.82, 2.24) is 19.7 Å². The first-order valence-corrected chi connectivity index (χ1v) is 8.74. The highest BCUT2D eigenvalue weighted by atomic mass is 16.3. The van der Waals surface area contributed by atoms with E-state index in [4.69, 9.17) is 5.73 Å². The van der Waals surface area contributed by atoms with Gasteiger partial charge in [0.05, 0.1) is 6.54 Å². The van der Waals surface area contributed by atoms with Crippen LogP contribution in [-0.2, 0) is 6.54 Å². The second-order valence-electron chi connectivity index (χ2n) is 6.91. The molecule has 8 nitrogen and oxygen atoms in total. The van der Waals surface area contributed by atoms with Crippen LogP contribution >= 0.6 is 0 Å². The van der Waals surface area contributed by atoms with Crippen molar-refractivity contribution in [2.45, 2.75) is 38.6 Å². The largest absolute Gasteiger partial charge is 0.381 e. The van der Waals surface area contributed by atoms with Crippen molar-refractivity contribution in [2.24, 2.45) is 10.7 Å². The molecular formula is C19H24N6O2. The van der Waals surface area contributed by atoms with E-state index >= 15 is 0 Å². The van der Waals surface area contributed by atoms with Crippen LogP contribution < -0.4 is 16.7 Å². The minimum Gasteiger partial charge on any atom is -0.381 e. The zero-order valence-corrected chi connectivity index (χ0v) is 15.4. The van der Waals surface area contributed by atoms with Gasteiger partial charge in [0.2, 0.25) is 5.82 Å². The van der Waals surface area contributed by atoms with E-state index in [1.807, 2.05) is 42.5 Å². The summed E-state index contributed by atoms with van der Waals surface area (Å²) in [5.41, 5.74) is 5.68. The number of aliphatic imine (C=N–C) groups is 1. The van der Waals surface area contributed by atoms with Crippen LogP contribution in [-0.4, -0.2) is 37.1 Å². The van der Waals surface area contributed by atoms with Crippen LogP contribution in [0.5, 0.6) is 0 Å². The molecule has 2 heterocycles. The summed E-state index contributed by atoms with van der Waals surface area (Å²) in [6.07, 6.45) is 7.41. The Labute approximate surface area is 157 Å². The van der Waals surface area contributed by atoms with Gasteiger partial charge in [-0.25, -0.2) is 19.0 Å². The molecule has 8 heteroatoms. The molecule has 1 aliphatic rings. The Hall–Kier alpha value is -2.97. The first-order chi connectivity index (χ1) is 12.8. The summed E-state index contributed by atoms with van der Waals surface area (Å²) in [5, 5.41) is 17.4. The van der Waals surface area contributed by atoms with E-state index in [1.165, 1.54) is 9.25 Å². The summed E-state index contributed by atoms with van der Waals surface area (Å²) in [6, 6.07) is 9.46. The Balaban J connectivity index is 1.93. The van der Waals surface area contributed by atoms with Crippen molar-refractivity contribution in [1.29, 1.82) is 0 Å². The van der Waals surface area contributed by atoms with E-state index in [1.54, 1.807) is 26.2 Å². The monoisotopic (exact) mass is 368 g/mol. The molecule has 27 heavy (non-hydrogen) atoms. The quantitative estimate of drug-likeness (QED) is 0.694. The van der Waals surface area contributed by atoms with Crippen molar-refractivity contribution in [3.8, 4) is 0 Å². The Bertz CT molecular complexity index is 931.